The lowest BCUT2D eigenvalue weighted by molar-refractivity contribution is -0.117. The Labute approximate surface area is 59.9 Å². The van der Waals surface area contributed by atoms with Gasteiger partial charge in [-0.2, -0.15) is 0 Å². The summed E-state index contributed by atoms with van der Waals surface area (Å²) in [6.45, 7) is 3.39. The van der Waals surface area contributed by atoms with Gasteiger partial charge in [0.25, 0.3) is 0 Å². The van der Waals surface area contributed by atoms with E-state index in [4.69, 9.17) is 0 Å². The molecule has 1 unspecified atom stereocenters. The molecule has 10 heavy (non-hydrogen) atoms. The van der Waals surface area contributed by atoms with E-state index in [0.29, 0.717) is 6.42 Å². The Morgan fingerprint density at radius 3 is 2.60 bits per heavy atom. The van der Waals surface area contributed by atoms with Crippen molar-refractivity contribution < 1.29 is 4.79 Å². The van der Waals surface area contributed by atoms with Crippen molar-refractivity contribution in [2.24, 2.45) is 5.29 Å². The number of carbonyl (C=O) groups excluding carboxylic acids is 1. The van der Waals surface area contributed by atoms with Gasteiger partial charge in [0.2, 0.25) is 0 Å². The first-order chi connectivity index (χ1) is 4.70. The van der Waals surface area contributed by atoms with Crippen LogP contribution in [0.2, 0.25) is 0 Å². The van der Waals surface area contributed by atoms with Crippen LogP contribution >= 0.6 is 0 Å². The van der Waals surface area contributed by atoms with Gasteiger partial charge >= 0.3 is 0 Å². The molecule has 1 atom stereocenters. The molecule has 0 aliphatic rings. The van der Waals surface area contributed by atoms with Gasteiger partial charge in [0.1, 0.15) is 5.78 Å². The Hall–Kier alpha value is -0.930. The van der Waals surface area contributed by atoms with Gasteiger partial charge < -0.3 is 0 Å². The maximum atomic E-state index is 10.5. The molecule has 0 aromatic carbocycles. The predicted octanol–water partition coefficient (Wildman–Crippen LogP) is 1.02. The molecule has 0 aromatic heterocycles. The van der Waals surface area contributed by atoms with Crippen LogP contribution in [0.3, 0.4) is 0 Å². The number of nitrogens with one attached hydrogen (secondary N) is 1. The summed E-state index contributed by atoms with van der Waals surface area (Å²) in [7, 11) is 0. The van der Waals surface area contributed by atoms with Crippen molar-refractivity contribution in [2.45, 2.75) is 32.7 Å². The fraction of sp³-hybridized carbons (Fsp3) is 0.833. The maximum absolute atomic E-state index is 10.5. The molecule has 0 rings (SSSR count). The summed E-state index contributed by atoms with van der Waals surface area (Å²) in [4.78, 5) is 20.2. The Morgan fingerprint density at radius 2 is 2.30 bits per heavy atom. The Balaban J connectivity index is 3.59. The molecule has 0 saturated carbocycles. The molecule has 0 amide bonds. The zero-order valence-corrected chi connectivity index (χ0v) is 6.26. The summed E-state index contributed by atoms with van der Waals surface area (Å²) >= 11 is 0. The Morgan fingerprint density at radius 1 is 1.70 bits per heavy atom. The first-order valence-electron chi connectivity index (χ1n) is 3.28. The number of nitrogens with zero attached hydrogens (tertiary/aromatic N) is 1. The van der Waals surface area contributed by atoms with Crippen LogP contribution in [0.1, 0.15) is 26.7 Å². The van der Waals surface area contributed by atoms with E-state index < -0.39 is 0 Å². The molecule has 0 saturated heterocycles. The minimum atomic E-state index is -0.0880. The maximum Gasteiger partial charge on any atom is 0.131 e. The highest BCUT2D eigenvalue weighted by atomic mass is 16.3. The van der Waals surface area contributed by atoms with Crippen molar-refractivity contribution in [3.63, 3.8) is 0 Å². The first-order valence-corrected chi connectivity index (χ1v) is 3.28. The van der Waals surface area contributed by atoms with Crippen LogP contribution in [-0.2, 0) is 4.79 Å². The van der Waals surface area contributed by atoms with Crippen molar-refractivity contribution >= 4 is 5.78 Å². The molecule has 0 bridgehead atoms. The molecule has 58 valence electrons. The second kappa shape index (κ2) is 4.90. The van der Waals surface area contributed by atoms with Crippen LogP contribution in [0.15, 0.2) is 5.29 Å². The molecular formula is C6H12N2O2. The number of nitroso groups, excluding NO2 is 1. The van der Waals surface area contributed by atoms with Gasteiger partial charge in [-0.15, -0.1) is 4.91 Å². The quantitative estimate of drug-likeness (QED) is 0.463. The van der Waals surface area contributed by atoms with Gasteiger partial charge in [-0.05, 0) is 13.3 Å². The van der Waals surface area contributed by atoms with Crippen molar-refractivity contribution in [3.05, 3.63) is 4.91 Å². The summed E-state index contributed by atoms with van der Waals surface area (Å²) in [6.07, 6.45) is 1.12. The standard InChI is InChI=1S/C6H12N2O2/c1-3-6(7-8-10)4-5(2)9/h6H,3-4H2,1-2H3,(H,7,10). The molecule has 0 aliphatic carbocycles. The van der Waals surface area contributed by atoms with Crippen LogP contribution in [-0.4, -0.2) is 11.8 Å². The third kappa shape index (κ3) is 4.00. The smallest absolute Gasteiger partial charge is 0.131 e. The summed E-state index contributed by atoms with van der Waals surface area (Å²) < 4.78 is 0. The third-order valence-corrected chi connectivity index (χ3v) is 1.26. The first kappa shape index (κ1) is 9.07. The fourth-order valence-corrected chi connectivity index (χ4v) is 0.703. The van der Waals surface area contributed by atoms with Gasteiger partial charge in [0, 0.05) is 11.7 Å². The SMILES string of the molecule is CCC(CC(C)=O)NN=O. The Bertz CT molecular complexity index is 125. The minimum absolute atomic E-state index is 0.0722. The number of hydrogen-bond donors (Lipinski definition) is 1. The fourth-order valence-electron chi connectivity index (χ4n) is 0.703. The van der Waals surface area contributed by atoms with Crippen LogP contribution in [0, 0.1) is 4.91 Å². The normalized spacial score (nSPS) is 12.2. The second-order valence-corrected chi connectivity index (χ2v) is 2.23. The van der Waals surface area contributed by atoms with Crippen molar-refractivity contribution in [3.8, 4) is 0 Å². The number of Topliss-reactive ketones (excluding diaryl/α,β-unsaturated/α-hetero) is 1. The lowest BCUT2D eigenvalue weighted by Crippen LogP contribution is -2.25. The average molecular weight is 144 g/mol. The van der Waals surface area contributed by atoms with E-state index >= 15 is 0 Å². The molecule has 1 N–H and O–H groups in total. The van der Waals surface area contributed by atoms with Crippen LogP contribution in [0.4, 0.5) is 0 Å². The van der Waals surface area contributed by atoms with E-state index in [1.807, 2.05) is 6.92 Å². The minimum Gasteiger partial charge on any atom is -0.300 e. The lowest BCUT2D eigenvalue weighted by Gasteiger charge is -2.08. The Kier molecular flexibility index (Phi) is 4.45. The van der Waals surface area contributed by atoms with Crippen LogP contribution in [0.25, 0.3) is 0 Å². The molecule has 4 heteroatoms. The number of rotatable bonds is 5. The van der Waals surface area contributed by atoms with Gasteiger partial charge in [-0.25, -0.2) is 0 Å². The van der Waals surface area contributed by atoms with E-state index in [-0.39, 0.29) is 11.8 Å². The van der Waals surface area contributed by atoms with E-state index in [0.717, 1.165) is 6.42 Å². The van der Waals surface area contributed by atoms with E-state index in [1.54, 1.807) is 0 Å². The lowest BCUT2D eigenvalue weighted by atomic mass is 10.1. The van der Waals surface area contributed by atoms with E-state index in [1.165, 1.54) is 6.92 Å². The molecule has 0 aromatic rings. The zero-order chi connectivity index (χ0) is 7.98. The van der Waals surface area contributed by atoms with Crippen LogP contribution < -0.4 is 5.43 Å². The van der Waals surface area contributed by atoms with Gasteiger partial charge in [0.05, 0.1) is 6.04 Å². The molecule has 0 fully saturated rings. The highest BCUT2D eigenvalue weighted by Crippen LogP contribution is 1.97. The van der Waals surface area contributed by atoms with Crippen LogP contribution in [0.5, 0.6) is 0 Å². The molecule has 0 aliphatic heterocycles. The molecule has 0 radical (unpaired) electrons. The summed E-state index contributed by atoms with van der Waals surface area (Å²) in [5.41, 5.74) is 2.31. The summed E-state index contributed by atoms with van der Waals surface area (Å²) in [5, 5.41) is 2.51. The molecule has 4 nitrogen and oxygen atoms in total. The zero-order valence-electron chi connectivity index (χ0n) is 6.26. The van der Waals surface area contributed by atoms with Crippen molar-refractivity contribution in [1.29, 1.82) is 0 Å². The highest BCUT2D eigenvalue weighted by molar-refractivity contribution is 5.76. The molecule has 0 spiro atoms. The van der Waals surface area contributed by atoms with Gasteiger partial charge in [-0.1, -0.05) is 6.92 Å². The van der Waals surface area contributed by atoms with Crippen molar-refractivity contribution in [2.75, 3.05) is 0 Å². The number of ketones is 1. The van der Waals surface area contributed by atoms with Gasteiger partial charge in [-0.3, -0.25) is 10.2 Å². The number of carbonyl (C=O) groups is 1. The average Bonchev–Trinajstić information content (AvgIpc) is 1.86. The van der Waals surface area contributed by atoms with E-state index in [9.17, 15) is 9.70 Å². The largest absolute Gasteiger partial charge is 0.300 e. The van der Waals surface area contributed by atoms with Crippen molar-refractivity contribution in [1.82, 2.24) is 5.43 Å². The topological polar surface area (TPSA) is 58.5 Å². The summed E-state index contributed by atoms with van der Waals surface area (Å²) in [5.74, 6) is 0.0722. The van der Waals surface area contributed by atoms with E-state index in [2.05, 4.69) is 10.7 Å². The second-order valence-electron chi connectivity index (χ2n) is 2.23. The predicted molar refractivity (Wildman–Crippen MR) is 38.3 cm³/mol. The molecular weight excluding hydrogens is 132 g/mol. The molecule has 0 heterocycles. The highest BCUT2D eigenvalue weighted by Gasteiger charge is 2.06. The third-order valence-electron chi connectivity index (χ3n) is 1.26. The number of hydrogen-bond acceptors (Lipinski definition) is 3. The monoisotopic (exact) mass is 144 g/mol. The summed E-state index contributed by atoms with van der Waals surface area (Å²) in [6, 6.07) is -0.0880. The van der Waals surface area contributed by atoms with Gasteiger partial charge in [0.15, 0.2) is 0 Å².